The first-order valence-electron chi connectivity index (χ1n) is 4.98. The smallest absolute Gasteiger partial charge is 0.164 e. The van der Waals surface area contributed by atoms with Gasteiger partial charge in [-0.25, -0.2) is 4.98 Å². The van der Waals surface area contributed by atoms with Crippen LogP contribution >= 0.6 is 27.3 Å². The lowest BCUT2D eigenvalue weighted by Crippen LogP contribution is -2.12. The number of aromatic nitrogens is 3. The molecule has 0 radical (unpaired) electrons. The minimum Gasteiger partial charge on any atom is -0.305 e. The average Bonchev–Trinajstić information content (AvgIpc) is 2.75. The van der Waals surface area contributed by atoms with Crippen LogP contribution in [0, 0.1) is 13.8 Å². The fourth-order valence-corrected chi connectivity index (χ4v) is 2.97. The zero-order valence-electron chi connectivity index (χ0n) is 9.17. The molecule has 0 saturated carbocycles. The van der Waals surface area contributed by atoms with Crippen LogP contribution in [0.1, 0.15) is 22.1 Å². The molecule has 0 aliphatic rings. The molecule has 0 aliphatic heterocycles. The van der Waals surface area contributed by atoms with Crippen LogP contribution in [0.5, 0.6) is 0 Å². The molecule has 86 valence electrons. The highest BCUT2D eigenvalue weighted by molar-refractivity contribution is 9.11. The van der Waals surface area contributed by atoms with Crippen molar-refractivity contribution >= 4 is 27.3 Å². The monoisotopic (exact) mass is 300 g/mol. The Labute approximate surface area is 107 Å². The second-order valence-corrected chi connectivity index (χ2v) is 6.06. The molecule has 0 aliphatic carbocycles. The minimum atomic E-state index is 0.693. The number of nitrogens with one attached hydrogen (secondary N) is 2. The number of aryl methyl sites for hydroxylation is 2. The van der Waals surface area contributed by atoms with Crippen molar-refractivity contribution < 1.29 is 0 Å². The molecule has 2 heterocycles. The van der Waals surface area contributed by atoms with Gasteiger partial charge in [0.25, 0.3) is 0 Å². The largest absolute Gasteiger partial charge is 0.305 e. The number of rotatable bonds is 4. The molecule has 6 heteroatoms. The molecule has 16 heavy (non-hydrogen) atoms. The molecule has 0 bridgehead atoms. The van der Waals surface area contributed by atoms with Crippen LogP contribution in [0.4, 0.5) is 0 Å². The highest BCUT2D eigenvalue weighted by Crippen LogP contribution is 2.27. The molecule has 2 aromatic rings. The van der Waals surface area contributed by atoms with Gasteiger partial charge in [0, 0.05) is 11.4 Å². The van der Waals surface area contributed by atoms with Crippen molar-refractivity contribution in [3.63, 3.8) is 0 Å². The molecule has 0 fully saturated rings. The van der Waals surface area contributed by atoms with E-state index in [4.69, 9.17) is 0 Å². The van der Waals surface area contributed by atoms with E-state index in [0.717, 1.165) is 18.2 Å². The van der Waals surface area contributed by atoms with E-state index in [1.807, 2.05) is 6.92 Å². The van der Waals surface area contributed by atoms with E-state index in [2.05, 4.69) is 49.4 Å². The van der Waals surface area contributed by atoms with Crippen LogP contribution in [0.2, 0.25) is 0 Å². The van der Waals surface area contributed by atoms with Crippen molar-refractivity contribution in [2.24, 2.45) is 0 Å². The molecular formula is C10H13BrN4S. The van der Waals surface area contributed by atoms with Crippen LogP contribution < -0.4 is 5.32 Å². The minimum absolute atomic E-state index is 0.693. The molecular weight excluding hydrogens is 288 g/mol. The Kier molecular flexibility index (Phi) is 3.73. The average molecular weight is 301 g/mol. The third kappa shape index (κ3) is 2.90. The molecule has 0 atom stereocenters. The zero-order chi connectivity index (χ0) is 11.5. The number of hydrogen-bond acceptors (Lipinski definition) is 4. The van der Waals surface area contributed by atoms with Gasteiger partial charge in [0.15, 0.2) is 5.82 Å². The number of aromatic amines is 1. The zero-order valence-corrected chi connectivity index (χ0v) is 11.6. The van der Waals surface area contributed by atoms with E-state index in [9.17, 15) is 0 Å². The SMILES string of the molecule is Cc1nc(CNCc2cc(C)c(Br)s2)n[nH]1. The maximum Gasteiger partial charge on any atom is 0.164 e. The molecule has 4 nitrogen and oxygen atoms in total. The van der Waals surface area contributed by atoms with Crippen LogP contribution in [0.25, 0.3) is 0 Å². The summed E-state index contributed by atoms with van der Waals surface area (Å²) in [6.45, 7) is 5.54. The van der Waals surface area contributed by atoms with Crippen LogP contribution in [-0.4, -0.2) is 15.2 Å². The van der Waals surface area contributed by atoms with Gasteiger partial charge in [0.2, 0.25) is 0 Å². The molecule has 2 aromatic heterocycles. The number of hydrogen-bond donors (Lipinski definition) is 2. The number of thiophene rings is 1. The van der Waals surface area contributed by atoms with Crippen LogP contribution in [0.3, 0.4) is 0 Å². The molecule has 0 amide bonds. The van der Waals surface area contributed by atoms with Gasteiger partial charge in [-0.15, -0.1) is 11.3 Å². The van der Waals surface area contributed by atoms with Gasteiger partial charge >= 0.3 is 0 Å². The predicted octanol–water partition coefficient (Wildman–Crippen LogP) is 2.54. The van der Waals surface area contributed by atoms with E-state index >= 15 is 0 Å². The Morgan fingerprint density at radius 3 is 2.81 bits per heavy atom. The third-order valence-corrected chi connectivity index (χ3v) is 4.27. The summed E-state index contributed by atoms with van der Waals surface area (Å²) in [4.78, 5) is 5.55. The van der Waals surface area contributed by atoms with Crippen molar-refractivity contribution in [3.05, 3.63) is 31.9 Å². The number of halogens is 1. The van der Waals surface area contributed by atoms with Crippen LogP contribution in [-0.2, 0) is 13.1 Å². The molecule has 0 spiro atoms. The van der Waals surface area contributed by atoms with E-state index in [1.54, 1.807) is 11.3 Å². The summed E-state index contributed by atoms with van der Waals surface area (Å²) >= 11 is 5.28. The van der Waals surface area contributed by atoms with Crippen molar-refractivity contribution in [2.75, 3.05) is 0 Å². The van der Waals surface area contributed by atoms with Gasteiger partial charge in [-0.1, -0.05) is 0 Å². The Morgan fingerprint density at radius 1 is 1.44 bits per heavy atom. The first-order valence-corrected chi connectivity index (χ1v) is 6.59. The molecule has 0 aromatic carbocycles. The lowest BCUT2D eigenvalue weighted by Gasteiger charge is -1.98. The van der Waals surface area contributed by atoms with E-state index in [0.29, 0.717) is 6.54 Å². The summed E-state index contributed by atoms with van der Waals surface area (Å²) in [6, 6.07) is 2.19. The Hall–Kier alpha value is -0.720. The van der Waals surface area contributed by atoms with Gasteiger partial charge < -0.3 is 5.32 Å². The molecule has 2 rings (SSSR count). The predicted molar refractivity (Wildman–Crippen MR) is 68.4 cm³/mol. The lowest BCUT2D eigenvalue weighted by atomic mass is 10.3. The van der Waals surface area contributed by atoms with Crippen molar-refractivity contribution in [2.45, 2.75) is 26.9 Å². The summed E-state index contributed by atoms with van der Waals surface area (Å²) in [5.41, 5.74) is 1.29. The summed E-state index contributed by atoms with van der Waals surface area (Å²) < 4.78 is 1.21. The first kappa shape index (κ1) is 11.8. The van der Waals surface area contributed by atoms with E-state index < -0.39 is 0 Å². The highest BCUT2D eigenvalue weighted by atomic mass is 79.9. The van der Waals surface area contributed by atoms with Crippen molar-refractivity contribution in [1.29, 1.82) is 0 Å². The summed E-state index contributed by atoms with van der Waals surface area (Å²) in [5.74, 6) is 1.66. The van der Waals surface area contributed by atoms with Gasteiger partial charge in [-0.05, 0) is 41.4 Å². The summed E-state index contributed by atoms with van der Waals surface area (Å²) in [7, 11) is 0. The van der Waals surface area contributed by atoms with Gasteiger partial charge in [0.05, 0.1) is 10.3 Å². The van der Waals surface area contributed by atoms with Gasteiger partial charge in [0.1, 0.15) is 5.82 Å². The van der Waals surface area contributed by atoms with Gasteiger partial charge in [-0.3, -0.25) is 5.10 Å². The fourth-order valence-electron chi connectivity index (χ4n) is 1.38. The van der Waals surface area contributed by atoms with Crippen LogP contribution in [0.15, 0.2) is 9.85 Å². The van der Waals surface area contributed by atoms with Gasteiger partial charge in [-0.2, -0.15) is 5.10 Å². The normalized spacial score (nSPS) is 10.9. The van der Waals surface area contributed by atoms with E-state index in [1.165, 1.54) is 14.2 Å². The van der Waals surface area contributed by atoms with Crippen molar-refractivity contribution in [3.8, 4) is 0 Å². The maximum atomic E-state index is 4.23. The summed E-state index contributed by atoms with van der Waals surface area (Å²) in [6.07, 6.45) is 0. The second-order valence-electron chi connectivity index (χ2n) is 3.61. The van der Waals surface area contributed by atoms with Crippen molar-refractivity contribution in [1.82, 2.24) is 20.5 Å². The highest BCUT2D eigenvalue weighted by Gasteiger charge is 2.03. The molecule has 0 saturated heterocycles. The first-order chi connectivity index (χ1) is 7.65. The fraction of sp³-hybridized carbons (Fsp3) is 0.400. The standard InChI is InChI=1S/C10H13BrN4S/c1-6-3-8(16-10(6)11)4-12-5-9-13-7(2)14-15-9/h3,12H,4-5H2,1-2H3,(H,13,14,15). The summed E-state index contributed by atoms with van der Waals surface area (Å²) in [5, 5.41) is 10.2. The third-order valence-electron chi connectivity index (χ3n) is 2.13. The number of nitrogens with zero attached hydrogens (tertiary/aromatic N) is 2. The molecule has 0 unspecified atom stereocenters. The Morgan fingerprint density at radius 2 is 2.25 bits per heavy atom. The Bertz CT molecular complexity index is 457. The topological polar surface area (TPSA) is 53.6 Å². The number of H-pyrrole nitrogens is 1. The lowest BCUT2D eigenvalue weighted by molar-refractivity contribution is 0.670. The van der Waals surface area contributed by atoms with E-state index in [-0.39, 0.29) is 0 Å². The molecule has 2 N–H and O–H groups in total. The Balaban J connectivity index is 1.84. The quantitative estimate of drug-likeness (QED) is 0.912. The second kappa shape index (κ2) is 5.07. The maximum absolute atomic E-state index is 4.23.